The van der Waals surface area contributed by atoms with E-state index in [0.717, 1.165) is 31.0 Å². The van der Waals surface area contributed by atoms with Crippen LogP contribution in [0.25, 0.3) is 0 Å². The molecule has 1 saturated heterocycles. The van der Waals surface area contributed by atoms with Crippen LogP contribution in [-0.2, 0) is 11.2 Å². The number of hydrogen-bond acceptors (Lipinski definition) is 3. The Morgan fingerprint density at radius 3 is 2.80 bits per heavy atom. The summed E-state index contributed by atoms with van der Waals surface area (Å²) in [6, 6.07) is 6.69. The Labute approximate surface area is 125 Å². The molecule has 20 heavy (non-hydrogen) atoms. The molecule has 1 aromatic carbocycles. The van der Waals surface area contributed by atoms with Gasteiger partial charge in [-0.05, 0) is 37.0 Å². The number of rotatable bonds is 5. The summed E-state index contributed by atoms with van der Waals surface area (Å²) in [6.07, 6.45) is 1.51. The lowest BCUT2D eigenvalue weighted by Crippen LogP contribution is -2.41. The van der Waals surface area contributed by atoms with E-state index in [4.69, 9.17) is 0 Å². The standard InChI is InChI=1S/C16H24N2OS/c1-12-4-3-5-13(2)15(12)6-7-18-16(19)10-14-11-20-9-8-17-14/h3-5,14,17H,6-11H2,1-2H3,(H,18,19). The van der Waals surface area contributed by atoms with Gasteiger partial charge in [-0.2, -0.15) is 11.8 Å². The van der Waals surface area contributed by atoms with Crippen molar-refractivity contribution < 1.29 is 4.79 Å². The molecule has 0 bridgehead atoms. The molecule has 2 N–H and O–H groups in total. The largest absolute Gasteiger partial charge is 0.356 e. The van der Waals surface area contributed by atoms with Crippen LogP contribution in [0, 0.1) is 13.8 Å². The summed E-state index contributed by atoms with van der Waals surface area (Å²) in [5.74, 6) is 2.37. The zero-order valence-corrected chi connectivity index (χ0v) is 13.2. The molecule has 0 spiro atoms. The van der Waals surface area contributed by atoms with Gasteiger partial charge in [-0.3, -0.25) is 4.79 Å². The first kappa shape index (κ1) is 15.4. The highest BCUT2D eigenvalue weighted by atomic mass is 32.2. The minimum atomic E-state index is 0.163. The highest BCUT2D eigenvalue weighted by Crippen LogP contribution is 2.13. The molecule has 0 aromatic heterocycles. The SMILES string of the molecule is Cc1cccc(C)c1CCNC(=O)CC1CSCCN1. The van der Waals surface area contributed by atoms with Gasteiger partial charge >= 0.3 is 0 Å². The van der Waals surface area contributed by atoms with Gasteiger partial charge in [0.1, 0.15) is 0 Å². The van der Waals surface area contributed by atoms with E-state index >= 15 is 0 Å². The molecule has 1 aromatic rings. The van der Waals surface area contributed by atoms with Crippen LogP contribution in [0.1, 0.15) is 23.1 Å². The Morgan fingerprint density at radius 1 is 1.40 bits per heavy atom. The third-order valence-electron chi connectivity index (χ3n) is 3.77. The number of benzene rings is 1. The van der Waals surface area contributed by atoms with Crippen molar-refractivity contribution in [1.29, 1.82) is 0 Å². The average molecular weight is 292 g/mol. The van der Waals surface area contributed by atoms with E-state index in [1.54, 1.807) is 0 Å². The molecule has 1 heterocycles. The van der Waals surface area contributed by atoms with Crippen LogP contribution in [0.4, 0.5) is 0 Å². The molecule has 1 unspecified atom stereocenters. The maximum Gasteiger partial charge on any atom is 0.221 e. The van der Waals surface area contributed by atoms with Gasteiger partial charge < -0.3 is 10.6 Å². The summed E-state index contributed by atoms with van der Waals surface area (Å²) in [7, 11) is 0. The van der Waals surface area contributed by atoms with Crippen molar-refractivity contribution in [2.24, 2.45) is 0 Å². The van der Waals surface area contributed by atoms with Crippen molar-refractivity contribution >= 4 is 17.7 Å². The quantitative estimate of drug-likeness (QED) is 0.873. The minimum Gasteiger partial charge on any atom is -0.356 e. The molecular weight excluding hydrogens is 268 g/mol. The lowest BCUT2D eigenvalue weighted by molar-refractivity contribution is -0.121. The van der Waals surface area contributed by atoms with Crippen LogP contribution < -0.4 is 10.6 Å². The van der Waals surface area contributed by atoms with Crippen LogP contribution >= 0.6 is 11.8 Å². The molecular formula is C16H24N2OS. The Morgan fingerprint density at radius 2 is 2.15 bits per heavy atom. The summed E-state index contributed by atoms with van der Waals surface area (Å²) in [6.45, 7) is 6.01. The fraction of sp³-hybridized carbons (Fsp3) is 0.562. The highest BCUT2D eigenvalue weighted by molar-refractivity contribution is 7.99. The Hall–Kier alpha value is -1.000. The van der Waals surface area contributed by atoms with Gasteiger partial charge in [0.15, 0.2) is 0 Å². The summed E-state index contributed by atoms with van der Waals surface area (Å²) >= 11 is 1.93. The van der Waals surface area contributed by atoms with Crippen LogP contribution in [0.3, 0.4) is 0 Å². The summed E-state index contributed by atoms with van der Waals surface area (Å²) < 4.78 is 0. The molecule has 110 valence electrons. The van der Waals surface area contributed by atoms with Crippen molar-refractivity contribution in [2.75, 3.05) is 24.6 Å². The monoisotopic (exact) mass is 292 g/mol. The van der Waals surface area contributed by atoms with E-state index in [9.17, 15) is 4.79 Å². The summed E-state index contributed by atoms with van der Waals surface area (Å²) in [4.78, 5) is 11.9. The lowest BCUT2D eigenvalue weighted by atomic mass is 10.0. The maximum atomic E-state index is 11.9. The Bertz CT molecular complexity index is 436. The van der Waals surface area contributed by atoms with Gasteiger partial charge in [0.25, 0.3) is 0 Å². The number of carbonyl (C=O) groups excluding carboxylic acids is 1. The first-order valence-corrected chi connectivity index (χ1v) is 8.45. The number of hydrogen-bond donors (Lipinski definition) is 2. The third kappa shape index (κ3) is 4.53. The first-order chi connectivity index (χ1) is 9.66. The van der Waals surface area contributed by atoms with E-state index in [0.29, 0.717) is 12.5 Å². The van der Waals surface area contributed by atoms with Crippen LogP contribution in [0.5, 0.6) is 0 Å². The summed E-state index contributed by atoms with van der Waals surface area (Å²) in [5, 5.41) is 6.44. The van der Waals surface area contributed by atoms with E-state index in [1.807, 2.05) is 11.8 Å². The molecule has 1 atom stereocenters. The minimum absolute atomic E-state index is 0.163. The zero-order valence-electron chi connectivity index (χ0n) is 12.4. The molecule has 1 fully saturated rings. The number of aryl methyl sites for hydroxylation is 2. The van der Waals surface area contributed by atoms with E-state index < -0.39 is 0 Å². The van der Waals surface area contributed by atoms with Gasteiger partial charge in [0.05, 0.1) is 0 Å². The van der Waals surface area contributed by atoms with Crippen molar-refractivity contribution in [3.63, 3.8) is 0 Å². The Kier molecular flexibility index (Phi) is 5.92. The van der Waals surface area contributed by atoms with Crippen LogP contribution in [-0.4, -0.2) is 36.5 Å². The normalized spacial score (nSPS) is 18.8. The second-order valence-electron chi connectivity index (χ2n) is 5.40. The van der Waals surface area contributed by atoms with Crippen LogP contribution in [0.2, 0.25) is 0 Å². The van der Waals surface area contributed by atoms with Crippen molar-refractivity contribution in [3.8, 4) is 0 Å². The first-order valence-electron chi connectivity index (χ1n) is 7.29. The predicted molar refractivity (Wildman–Crippen MR) is 86.4 cm³/mol. The lowest BCUT2D eigenvalue weighted by Gasteiger charge is -2.22. The van der Waals surface area contributed by atoms with E-state index in [1.165, 1.54) is 16.7 Å². The van der Waals surface area contributed by atoms with Crippen LogP contribution in [0.15, 0.2) is 18.2 Å². The predicted octanol–water partition coefficient (Wildman–Crippen LogP) is 2.06. The van der Waals surface area contributed by atoms with Gasteiger partial charge in [-0.15, -0.1) is 0 Å². The molecule has 3 nitrogen and oxygen atoms in total. The zero-order chi connectivity index (χ0) is 14.4. The number of nitrogens with one attached hydrogen (secondary N) is 2. The van der Waals surface area contributed by atoms with E-state index in [-0.39, 0.29) is 5.91 Å². The van der Waals surface area contributed by atoms with Gasteiger partial charge in [0, 0.05) is 37.1 Å². The fourth-order valence-electron chi connectivity index (χ4n) is 2.62. The van der Waals surface area contributed by atoms with Crippen molar-refractivity contribution in [3.05, 3.63) is 34.9 Å². The second kappa shape index (κ2) is 7.70. The molecule has 0 radical (unpaired) electrons. The summed E-state index contributed by atoms with van der Waals surface area (Å²) in [5.41, 5.74) is 3.98. The molecule has 0 saturated carbocycles. The molecule has 1 amide bonds. The molecule has 0 aliphatic carbocycles. The molecule has 4 heteroatoms. The number of amides is 1. The van der Waals surface area contributed by atoms with Crippen molar-refractivity contribution in [2.45, 2.75) is 32.7 Å². The number of carbonyl (C=O) groups is 1. The smallest absolute Gasteiger partial charge is 0.221 e. The molecule has 2 rings (SSSR count). The van der Waals surface area contributed by atoms with Crippen molar-refractivity contribution in [1.82, 2.24) is 10.6 Å². The van der Waals surface area contributed by atoms with E-state index in [2.05, 4.69) is 42.7 Å². The molecule has 1 aliphatic rings. The molecule has 1 aliphatic heterocycles. The van der Waals surface area contributed by atoms with Gasteiger partial charge in [-0.1, -0.05) is 18.2 Å². The maximum absolute atomic E-state index is 11.9. The second-order valence-corrected chi connectivity index (χ2v) is 6.55. The van der Waals surface area contributed by atoms with Gasteiger partial charge in [0.2, 0.25) is 5.91 Å². The third-order valence-corrected chi connectivity index (χ3v) is 4.90. The number of thioether (sulfide) groups is 1. The Balaban J connectivity index is 1.73. The highest BCUT2D eigenvalue weighted by Gasteiger charge is 2.16. The topological polar surface area (TPSA) is 41.1 Å². The fourth-order valence-corrected chi connectivity index (χ4v) is 3.57. The average Bonchev–Trinajstić information content (AvgIpc) is 2.43. The van der Waals surface area contributed by atoms with Gasteiger partial charge in [-0.25, -0.2) is 0 Å².